The van der Waals surface area contributed by atoms with Crippen LogP contribution in [0.2, 0.25) is 0 Å². The van der Waals surface area contributed by atoms with E-state index in [2.05, 4.69) is 93.7 Å². The number of esters is 3. The van der Waals surface area contributed by atoms with E-state index in [-0.39, 0.29) is 31.1 Å². The maximum Gasteiger partial charge on any atom is 0.306 e. The molecule has 0 rings (SSSR count). The standard InChI is InChI=1S/C75H134O6/c1-4-7-10-13-16-19-22-25-28-30-32-34-36-38-40-41-43-45-47-50-53-56-59-62-65-68-74(77)80-71-72(70-79-73(76)67-64-61-58-55-52-49-27-24-21-18-15-12-9-6-3)81-75(78)69-66-63-60-57-54-51-48-46-44-42-39-37-35-33-31-29-26-23-20-17-14-11-8-5-2/h7,10,16,19,24-25,27-28,32,34,38,40,72H,4-6,8-9,11-15,17-18,20-23,26,29-31,33,35-37,39,41-71H2,1-3H3/b10-7-,19-16-,27-24-,28-25-,34-32-,40-38-. The molecular weight excluding hydrogens is 997 g/mol. The van der Waals surface area contributed by atoms with Crippen LogP contribution in [-0.4, -0.2) is 37.2 Å². The summed E-state index contributed by atoms with van der Waals surface area (Å²) in [5, 5.41) is 0. The minimum absolute atomic E-state index is 0.0777. The highest BCUT2D eigenvalue weighted by Crippen LogP contribution is 2.18. The summed E-state index contributed by atoms with van der Waals surface area (Å²) in [5.41, 5.74) is 0. The topological polar surface area (TPSA) is 78.9 Å². The van der Waals surface area contributed by atoms with E-state index >= 15 is 0 Å². The van der Waals surface area contributed by atoms with Crippen molar-refractivity contribution < 1.29 is 28.6 Å². The Labute approximate surface area is 503 Å². The average molecular weight is 1130 g/mol. The molecule has 0 bridgehead atoms. The fourth-order valence-corrected chi connectivity index (χ4v) is 10.4. The monoisotopic (exact) mass is 1130 g/mol. The Hall–Kier alpha value is -3.15. The second kappa shape index (κ2) is 69.3. The summed E-state index contributed by atoms with van der Waals surface area (Å²) < 4.78 is 17.0. The van der Waals surface area contributed by atoms with Crippen LogP contribution >= 0.6 is 0 Å². The number of carbonyl (C=O) groups is 3. The number of rotatable bonds is 65. The molecular formula is C75H134O6. The van der Waals surface area contributed by atoms with Gasteiger partial charge >= 0.3 is 17.9 Å². The SMILES string of the molecule is CC/C=C\C/C=C\C/C=C\C/C=C\C/C=C\CCCCCCCCCCCC(=O)OCC(COC(=O)CCCCCCC/C=C\CCCCCCC)OC(=O)CCCCCCCCCCCCCCCCCCCCCCCCCC. The Morgan fingerprint density at radius 2 is 0.481 bits per heavy atom. The summed E-state index contributed by atoms with van der Waals surface area (Å²) in [5.74, 6) is -0.869. The third kappa shape index (κ3) is 67.5. The Balaban J connectivity index is 4.29. The molecule has 0 N–H and O–H groups in total. The normalized spacial score (nSPS) is 12.5. The molecule has 1 unspecified atom stereocenters. The van der Waals surface area contributed by atoms with Crippen LogP contribution in [0.1, 0.15) is 367 Å². The maximum atomic E-state index is 13.0. The van der Waals surface area contributed by atoms with Crippen molar-refractivity contribution in [2.75, 3.05) is 13.2 Å². The second-order valence-corrected chi connectivity index (χ2v) is 23.8. The van der Waals surface area contributed by atoms with Gasteiger partial charge in [0.1, 0.15) is 13.2 Å². The number of unbranched alkanes of at least 4 members (excludes halogenated alkanes) is 42. The molecule has 0 amide bonds. The zero-order valence-corrected chi connectivity index (χ0v) is 54.1. The van der Waals surface area contributed by atoms with Crippen molar-refractivity contribution in [2.24, 2.45) is 0 Å². The molecule has 0 fully saturated rings. The van der Waals surface area contributed by atoms with E-state index in [1.54, 1.807) is 0 Å². The largest absolute Gasteiger partial charge is 0.462 e. The summed E-state index contributed by atoms with van der Waals surface area (Å²) in [6, 6.07) is 0. The van der Waals surface area contributed by atoms with Crippen LogP contribution in [0.5, 0.6) is 0 Å². The summed E-state index contributed by atoms with van der Waals surface area (Å²) in [6.45, 7) is 6.57. The van der Waals surface area contributed by atoms with Crippen LogP contribution in [0.4, 0.5) is 0 Å². The molecule has 0 aliphatic heterocycles. The average Bonchev–Trinajstić information content (AvgIpc) is 3.47. The molecule has 0 radical (unpaired) electrons. The van der Waals surface area contributed by atoms with E-state index in [4.69, 9.17) is 14.2 Å². The van der Waals surface area contributed by atoms with Gasteiger partial charge in [0.2, 0.25) is 0 Å². The van der Waals surface area contributed by atoms with Gasteiger partial charge in [-0.1, -0.05) is 331 Å². The molecule has 6 nitrogen and oxygen atoms in total. The van der Waals surface area contributed by atoms with E-state index in [1.165, 1.54) is 225 Å². The highest BCUT2D eigenvalue weighted by molar-refractivity contribution is 5.71. The smallest absolute Gasteiger partial charge is 0.306 e. The highest BCUT2D eigenvalue weighted by Gasteiger charge is 2.19. The summed E-state index contributed by atoms with van der Waals surface area (Å²) in [6.07, 6.45) is 90.7. The lowest BCUT2D eigenvalue weighted by atomic mass is 10.0. The minimum atomic E-state index is -0.781. The first-order chi connectivity index (χ1) is 40.0. The molecule has 470 valence electrons. The molecule has 0 aromatic rings. The Morgan fingerprint density at radius 1 is 0.259 bits per heavy atom. The van der Waals surface area contributed by atoms with Crippen LogP contribution in [0.3, 0.4) is 0 Å². The number of hydrogen-bond donors (Lipinski definition) is 0. The lowest BCUT2D eigenvalue weighted by molar-refractivity contribution is -0.167. The molecule has 0 spiro atoms. The van der Waals surface area contributed by atoms with E-state index in [0.717, 1.165) is 103 Å². The van der Waals surface area contributed by atoms with Crippen molar-refractivity contribution in [3.63, 3.8) is 0 Å². The van der Waals surface area contributed by atoms with Crippen molar-refractivity contribution in [1.29, 1.82) is 0 Å². The van der Waals surface area contributed by atoms with Gasteiger partial charge in [-0.3, -0.25) is 14.4 Å². The van der Waals surface area contributed by atoms with E-state index in [1.807, 2.05) is 0 Å². The molecule has 0 aromatic heterocycles. The van der Waals surface area contributed by atoms with Gasteiger partial charge in [0, 0.05) is 19.3 Å². The zero-order chi connectivity index (χ0) is 58.5. The second-order valence-electron chi connectivity index (χ2n) is 23.8. The van der Waals surface area contributed by atoms with E-state index in [0.29, 0.717) is 19.3 Å². The third-order valence-electron chi connectivity index (χ3n) is 15.7. The third-order valence-corrected chi connectivity index (χ3v) is 15.7. The fourth-order valence-electron chi connectivity index (χ4n) is 10.4. The lowest BCUT2D eigenvalue weighted by Gasteiger charge is -2.18. The van der Waals surface area contributed by atoms with Crippen molar-refractivity contribution in [1.82, 2.24) is 0 Å². The van der Waals surface area contributed by atoms with Gasteiger partial charge in [-0.05, 0) is 89.9 Å². The predicted octanol–water partition coefficient (Wildman–Crippen LogP) is 24.4. The lowest BCUT2D eigenvalue weighted by Crippen LogP contribution is -2.30. The molecule has 81 heavy (non-hydrogen) atoms. The van der Waals surface area contributed by atoms with Gasteiger partial charge in [-0.15, -0.1) is 0 Å². The van der Waals surface area contributed by atoms with Gasteiger partial charge in [-0.2, -0.15) is 0 Å². The quantitative estimate of drug-likeness (QED) is 0.0261. The van der Waals surface area contributed by atoms with Crippen molar-refractivity contribution in [3.8, 4) is 0 Å². The molecule has 0 saturated heterocycles. The first-order valence-corrected chi connectivity index (χ1v) is 35.4. The van der Waals surface area contributed by atoms with Crippen molar-refractivity contribution in [2.45, 2.75) is 374 Å². The summed E-state index contributed by atoms with van der Waals surface area (Å²) in [7, 11) is 0. The number of hydrogen-bond acceptors (Lipinski definition) is 6. The van der Waals surface area contributed by atoms with Crippen LogP contribution in [-0.2, 0) is 28.6 Å². The van der Waals surface area contributed by atoms with Gasteiger partial charge in [0.25, 0.3) is 0 Å². The molecule has 0 aliphatic rings. The summed E-state index contributed by atoms with van der Waals surface area (Å²) in [4.78, 5) is 38.4. The van der Waals surface area contributed by atoms with E-state index < -0.39 is 6.10 Å². The Morgan fingerprint density at radius 3 is 0.765 bits per heavy atom. The molecule has 0 aromatic carbocycles. The summed E-state index contributed by atoms with van der Waals surface area (Å²) >= 11 is 0. The van der Waals surface area contributed by atoms with Gasteiger partial charge in [0.15, 0.2) is 6.10 Å². The van der Waals surface area contributed by atoms with Crippen LogP contribution in [0.25, 0.3) is 0 Å². The van der Waals surface area contributed by atoms with E-state index in [9.17, 15) is 14.4 Å². The minimum Gasteiger partial charge on any atom is -0.462 e. The van der Waals surface area contributed by atoms with Crippen molar-refractivity contribution in [3.05, 3.63) is 72.9 Å². The molecule has 0 aliphatic carbocycles. The number of ether oxygens (including phenoxy) is 3. The van der Waals surface area contributed by atoms with Crippen LogP contribution in [0.15, 0.2) is 72.9 Å². The molecule has 0 heterocycles. The van der Waals surface area contributed by atoms with Crippen LogP contribution < -0.4 is 0 Å². The van der Waals surface area contributed by atoms with Gasteiger partial charge in [-0.25, -0.2) is 0 Å². The highest BCUT2D eigenvalue weighted by atomic mass is 16.6. The molecule has 0 saturated carbocycles. The van der Waals surface area contributed by atoms with Gasteiger partial charge in [0.05, 0.1) is 0 Å². The fraction of sp³-hybridized carbons (Fsp3) is 0.800. The van der Waals surface area contributed by atoms with Crippen LogP contribution in [0, 0.1) is 0 Å². The first-order valence-electron chi connectivity index (χ1n) is 35.4. The Bertz CT molecular complexity index is 1490. The molecule has 1 atom stereocenters. The maximum absolute atomic E-state index is 13.0. The Kier molecular flexibility index (Phi) is 66.6. The molecule has 6 heteroatoms. The number of allylic oxidation sites excluding steroid dienone is 12. The first kappa shape index (κ1) is 77.9. The predicted molar refractivity (Wildman–Crippen MR) is 353 cm³/mol. The number of carbonyl (C=O) groups excluding carboxylic acids is 3. The van der Waals surface area contributed by atoms with Gasteiger partial charge < -0.3 is 14.2 Å². The zero-order valence-electron chi connectivity index (χ0n) is 54.1. The van der Waals surface area contributed by atoms with Crippen molar-refractivity contribution >= 4 is 17.9 Å².